The first kappa shape index (κ1) is 19.4. The molecule has 2 aromatic carbocycles. The Bertz CT molecular complexity index is 1050. The number of fused-ring (bicyclic) bond motifs is 1. The van der Waals surface area contributed by atoms with Crippen LogP contribution in [0.4, 0.5) is 4.39 Å². The number of methoxy groups -OCH3 is 3. The molecule has 28 heavy (non-hydrogen) atoms. The van der Waals surface area contributed by atoms with E-state index in [2.05, 4.69) is 0 Å². The van der Waals surface area contributed by atoms with Crippen molar-refractivity contribution in [3.8, 4) is 11.5 Å². The molecule has 0 spiro atoms. The number of rotatable bonds is 6. The van der Waals surface area contributed by atoms with Crippen LogP contribution in [0.3, 0.4) is 0 Å². The van der Waals surface area contributed by atoms with Gasteiger partial charge in [0.2, 0.25) is 5.75 Å². The molecule has 0 aliphatic rings. The largest absolute Gasteiger partial charge is 0.493 e. The van der Waals surface area contributed by atoms with Crippen molar-refractivity contribution in [3.63, 3.8) is 0 Å². The van der Waals surface area contributed by atoms with E-state index in [1.165, 1.54) is 39.5 Å². The summed E-state index contributed by atoms with van der Waals surface area (Å²) in [5.74, 6) is -1.04. The van der Waals surface area contributed by atoms with Gasteiger partial charge in [0, 0.05) is 11.5 Å². The SMILES string of the molecule is COC(=O)C(Cc1ccc(F)cc1)c1cc(=O)oc2c(OC)c(OC)ccc12. The van der Waals surface area contributed by atoms with Crippen LogP contribution in [0.25, 0.3) is 11.0 Å². The Morgan fingerprint density at radius 2 is 1.79 bits per heavy atom. The van der Waals surface area contributed by atoms with Crippen LogP contribution in [0, 0.1) is 5.82 Å². The summed E-state index contributed by atoms with van der Waals surface area (Å²) in [6, 6.07) is 10.4. The zero-order valence-electron chi connectivity index (χ0n) is 15.7. The molecule has 1 atom stereocenters. The minimum absolute atomic E-state index is 0.178. The van der Waals surface area contributed by atoms with Crippen molar-refractivity contribution in [2.24, 2.45) is 0 Å². The van der Waals surface area contributed by atoms with Gasteiger partial charge in [-0.15, -0.1) is 0 Å². The second kappa shape index (κ2) is 8.12. The molecule has 146 valence electrons. The molecular formula is C21H19FO6. The smallest absolute Gasteiger partial charge is 0.336 e. The number of carbonyl (C=O) groups excluding carboxylic acids is 1. The third-order valence-electron chi connectivity index (χ3n) is 4.50. The molecule has 3 aromatic rings. The van der Waals surface area contributed by atoms with Gasteiger partial charge in [-0.1, -0.05) is 12.1 Å². The average molecular weight is 386 g/mol. The molecule has 0 amide bonds. The van der Waals surface area contributed by atoms with Crippen LogP contribution in [0.5, 0.6) is 11.5 Å². The van der Waals surface area contributed by atoms with E-state index in [4.69, 9.17) is 18.6 Å². The maximum atomic E-state index is 13.2. The summed E-state index contributed by atoms with van der Waals surface area (Å²) in [5.41, 5.74) is 0.696. The van der Waals surface area contributed by atoms with Crippen LogP contribution < -0.4 is 15.1 Å². The Kier molecular flexibility index (Phi) is 5.63. The lowest BCUT2D eigenvalue weighted by molar-refractivity contribution is -0.142. The van der Waals surface area contributed by atoms with Gasteiger partial charge in [0.1, 0.15) is 5.82 Å². The molecule has 1 unspecified atom stereocenters. The van der Waals surface area contributed by atoms with E-state index < -0.39 is 17.5 Å². The molecule has 0 N–H and O–H groups in total. The van der Waals surface area contributed by atoms with Gasteiger partial charge in [-0.05, 0) is 41.8 Å². The molecule has 0 aliphatic heterocycles. The zero-order valence-corrected chi connectivity index (χ0v) is 15.7. The molecule has 0 radical (unpaired) electrons. The fraction of sp³-hybridized carbons (Fsp3) is 0.238. The molecule has 0 bridgehead atoms. The van der Waals surface area contributed by atoms with Gasteiger partial charge in [-0.25, -0.2) is 9.18 Å². The van der Waals surface area contributed by atoms with E-state index in [-0.39, 0.29) is 23.6 Å². The zero-order chi connectivity index (χ0) is 20.3. The van der Waals surface area contributed by atoms with Gasteiger partial charge < -0.3 is 18.6 Å². The maximum Gasteiger partial charge on any atom is 0.336 e. The number of ether oxygens (including phenoxy) is 3. The summed E-state index contributed by atoms with van der Waals surface area (Å²) in [5, 5.41) is 0.523. The van der Waals surface area contributed by atoms with Crippen molar-refractivity contribution in [2.45, 2.75) is 12.3 Å². The van der Waals surface area contributed by atoms with Crippen LogP contribution in [0.2, 0.25) is 0 Å². The topological polar surface area (TPSA) is 75.0 Å². The first-order valence-electron chi connectivity index (χ1n) is 8.49. The monoisotopic (exact) mass is 386 g/mol. The quantitative estimate of drug-likeness (QED) is 0.477. The lowest BCUT2D eigenvalue weighted by atomic mass is 9.90. The Balaban J connectivity index is 2.20. The molecule has 0 fully saturated rings. The first-order valence-corrected chi connectivity index (χ1v) is 8.49. The predicted octanol–water partition coefficient (Wildman–Crippen LogP) is 3.45. The van der Waals surface area contributed by atoms with Gasteiger partial charge in [-0.2, -0.15) is 0 Å². The minimum atomic E-state index is -0.792. The molecule has 0 aliphatic carbocycles. The van der Waals surface area contributed by atoms with Crippen molar-refractivity contribution < 1.29 is 27.8 Å². The molecule has 0 saturated carbocycles. The molecule has 3 rings (SSSR count). The van der Waals surface area contributed by atoms with E-state index in [9.17, 15) is 14.0 Å². The Morgan fingerprint density at radius 1 is 1.07 bits per heavy atom. The van der Waals surface area contributed by atoms with Crippen molar-refractivity contribution in [1.29, 1.82) is 0 Å². The standard InChI is InChI=1S/C21H19FO6/c1-25-17-9-8-14-15(11-18(23)28-19(14)20(17)26-2)16(21(24)27-3)10-12-4-6-13(22)7-5-12/h4-9,11,16H,10H2,1-3H3. The summed E-state index contributed by atoms with van der Waals surface area (Å²) in [7, 11) is 4.18. The molecular weight excluding hydrogens is 367 g/mol. The number of halogens is 1. The highest BCUT2D eigenvalue weighted by Gasteiger charge is 2.27. The predicted molar refractivity (Wildman–Crippen MR) is 100 cm³/mol. The van der Waals surface area contributed by atoms with Gasteiger partial charge in [0.05, 0.1) is 27.2 Å². The number of carbonyl (C=O) groups is 1. The number of hydrogen-bond acceptors (Lipinski definition) is 6. The first-order chi connectivity index (χ1) is 13.5. The number of hydrogen-bond donors (Lipinski definition) is 0. The van der Waals surface area contributed by atoms with Crippen LogP contribution in [-0.4, -0.2) is 27.3 Å². The number of benzene rings is 2. The normalized spacial score (nSPS) is 11.9. The van der Waals surface area contributed by atoms with Gasteiger partial charge in [-0.3, -0.25) is 4.79 Å². The van der Waals surface area contributed by atoms with Crippen molar-refractivity contribution in [2.75, 3.05) is 21.3 Å². The molecule has 6 nitrogen and oxygen atoms in total. The third-order valence-corrected chi connectivity index (χ3v) is 4.50. The summed E-state index contributed by atoms with van der Waals surface area (Å²) in [4.78, 5) is 24.8. The van der Waals surface area contributed by atoms with Crippen molar-refractivity contribution >= 4 is 16.9 Å². The molecule has 1 aromatic heterocycles. The summed E-state index contributed by atoms with van der Waals surface area (Å²) in [6.45, 7) is 0. The molecule has 0 saturated heterocycles. The summed E-state index contributed by atoms with van der Waals surface area (Å²) >= 11 is 0. The highest BCUT2D eigenvalue weighted by molar-refractivity contribution is 5.92. The van der Waals surface area contributed by atoms with E-state index in [0.717, 1.165) is 5.56 Å². The second-order valence-electron chi connectivity index (χ2n) is 6.10. The van der Waals surface area contributed by atoms with Crippen LogP contribution in [-0.2, 0) is 16.0 Å². The molecule has 7 heteroatoms. The van der Waals surface area contributed by atoms with E-state index in [1.54, 1.807) is 24.3 Å². The Hall–Kier alpha value is -3.35. The van der Waals surface area contributed by atoms with Crippen molar-refractivity contribution in [3.05, 3.63) is 69.8 Å². The van der Waals surface area contributed by atoms with Crippen LogP contribution >= 0.6 is 0 Å². The van der Waals surface area contributed by atoms with E-state index in [1.807, 2.05) is 0 Å². The van der Waals surface area contributed by atoms with E-state index >= 15 is 0 Å². The molecule has 1 heterocycles. The Morgan fingerprint density at radius 3 is 2.39 bits per heavy atom. The lowest BCUT2D eigenvalue weighted by Crippen LogP contribution is -2.19. The summed E-state index contributed by atoms with van der Waals surface area (Å²) in [6.07, 6.45) is 0.222. The summed E-state index contributed by atoms with van der Waals surface area (Å²) < 4.78 is 34.1. The average Bonchev–Trinajstić information content (AvgIpc) is 2.71. The third kappa shape index (κ3) is 3.69. The highest BCUT2D eigenvalue weighted by atomic mass is 19.1. The second-order valence-corrected chi connectivity index (χ2v) is 6.10. The van der Waals surface area contributed by atoms with Crippen molar-refractivity contribution in [1.82, 2.24) is 0 Å². The van der Waals surface area contributed by atoms with Gasteiger partial charge in [0.25, 0.3) is 0 Å². The van der Waals surface area contributed by atoms with Crippen LogP contribution in [0.15, 0.2) is 51.7 Å². The van der Waals surface area contributed by atoms with Gasteiger partial charge in [0.15, 0.2) is 11.3 Å². The lowest BCUT2D eigenvalue weighted by Gasteiger charge is -2.18. The van der Waals surface area contributed by atoms with E-state index in [0.29, 0.717) is 16.7 Å². The Labute approximate surface area is 160 Å². The fourth-order valence-electron chi connectivity index (χ4n) is 3.17. The minimum Gasteiger partial charge on any atom is -0.493 e. The van der Waals surface area contributed by atoms with Gasteiger partial charge >= 0.3 is 11.6 Å². The van der Waals surface area contributed by atoms with Crippen LogP contribution in [0.1, 0.15) is 17.0 Å². The number of esters is 1. The highest BCUT2D eigenvalue weighted by Crippen LogP contribution is 2.38. The fourth-order valence-corrected chi connectivity index (χ4v) is 3.17. The maximum absolute atomic E-state index is 13.2.